The first-order valence-corrected chi connectivity index (χ1v) is 7.76. The molecule has 0 unspecified atom stereocenters. The Morgan fingerprint density at radius 2 is 1.92 bits per heavy atom. The van der Waals surface area contributed by atoms with Crippen molar-refractivity contribution in [1.82, 2.24) is 10.2 Å². The molecule has 1 N–H and O–H groups in total. The van der Waals surface area contributed by atoms with Crippen molar-refractivity contribution in [2.45, 2.75) is 13.5 Å². The fourth-order valence-corrected chi connectivity index (χ4v) is 2.19. The third-order valence-corrected chi connectivity index (χ3v) is 3.24. The van der Waals surface area contributed by atoms with Gasteiger partial charge < -0.3 is 19.5 Å². The molecule has 1 amide bonds. The second kappa shape index (κ2) is 10.9. The minimum absolute atomic E-state index is 0.0329. The number of hydrogen-bond donors (Lipinski definition) is 1. The summed E-state index contributed by atoms with van der Waals surface area (Å²) >= 11 is 0. The number of nitriles is 1. The van der Waals surface area contributed by atoms with Crippen LogP contribution in [-0.4, -0.2) is 57.2 Å². The number of carbonyl (C=O) groups is 2. The highest BCUT2D eigenvalue weighted by atomic mass is 16.5. The number of carbonyl (C=O) groups excluding carboxylic acids is 2. The van der Waals surface area contributed by atoms with E-state index in [2.05, 4.69) is 5.32 Å². The molecule has 0 radical (unpaired) electrons. The molecule has 0 heterocycles. The van der Waals surface area contributed by atoms with Gasteiger partial charge in [-0.25, -0.2) is 0 Å². The summed E-state index contributed by atoms with van der Waals surface area (Å²) < 4.78 is 15.4. The average molecular weight is 349 g/mol. The van der Waals surface area contributed by atoms with Gasteiger partial charge in [0.05, 0.1) is 40.0 Å². The first-order valence-electron chi connectivity index (χ1n) is 7.76. The van der Waals surface area contributed by atoms with Gasteiger partial charge >= 0.3 is 5.97 Å². The van der Waals surface area contributed by atoms with E-state index in [9.17, 15) is 9.59 Å². The molecule has 0 saturated carbocycles. The zero-order valence-corrected chi connectivity index (χ0v) is 14.7. The summed E-state index contributed by atoms with van der Waals surface area (Å²) in [5.74, 6) is 0.391. The van der Waals surface area contributed by atoms with E-state index in [0.29, 0.717) is 18.0 Å². The number of methoxy groups -OCH3 is 2. The van der Waals surface area contributed by atoms with Crippen LogP contribution >= 0.6 is 0 Å². The van der Waals surface area contributed by atoms with Crippen LogP contribution < -0.4 is 14.8 Å². The number of ether oxygens (including phenoxy) is 3. The Bertz CT molecular complexity index is 627. The molecule has 0 bridgehead atoms. The van der Waals surface area contributed by atoms with Crippen LogP contribution in [0.2, 0.25) is 0 Å². The van der Waals surface area contributed by atoms with E-state index < -0.39 is 5.97 Å². The largest absolute Gasteiger partial charge is 0.493 e. The lowest BCUT2D eigenvalue weighted by molar-refractivity contribution is -0.144. The lowest BCUT2D eigenvalue weighted by Gasteiger charge is -2.21. The van der Waals surface area contributed by atoms with Crippen LogP contribution in [0.25, 0.3) is 0 Å². The maximum Gasteiger partial charge on any atom is 0.320 e. The zero-order chi connectivity index (χ0) is 18.7. The summed E-state index contributed by atoms with van der Waals surface area (Å²) in [6.45, 7) is 2.17. The van der Waals surface area contributed by atoms with Gasteiger partial charge in [0.25, 0.3) is 0 Å². The van der Waals surface area contributed by atoms with Crippen LogP contribution in [-0.2, 0) is 20.9 Å². The van der Waals surface area contributed by atoms with Gasteiger partial charge in [-0.2, -0.15) is 5.26 Å². The van der Waals surface area contributed by atoms with Gasteiger partial charge in [-0.1, -0.05) is 6.07 Å². The number of nitrogens with one attached hydrogen (secondary N) is 1. The summed E-state index contributed by atoms with van der Waals surface area (Å²) in [6.07, 6.45) is 0. The Hall–Kier alpha value is -2.79. The van der Waals surface area contributed by atoms with Crippen molar-refractivity contribution >= 4 is 11.9 Å². The predicted octanol–water partition coefficient (Wildman–Crippen LogP) is 0.709. The highest BCUT2D eigenvalue weighted by Gasteiger charge is 2.17. The SMILES string of the molecule is CCOC(=O)CN(CC(=O)NCC#N)Cc1ccc(OC)c(OC)c1. The Balaban J connectivity index is 2.85. The quantitative estimate of drug-likeness (QED) is 0.490. The van der Waals surface area contributed by atoms with Crippen molar-refractivity contribution < 1.29 is 23.8 Å². The molecule has 25 heavy (non-hydrogen) atoms. The third kappa shape index (κ3) is 7.10. The van der Waals surface area contributed by atoms with Gasteiger partial charge in [-0.15, -0.1) is 0 Å². The highest BCUT2D eigenvalue weighted by molar-refractivity contribution is 5.79. The van der Waals surface area contributed by atoms with Gasteiger partial charge in [0.2, 0.25) is 5.91 Å². The summed E-state index contributed by atoms with van der Waals surface area (Å²) in [5, 5.41) is 11.0. The van der Waals surface area contributed by atoms with Gasteiger partial charge in [0.15, 0.2) is 11.5 Å². The topological polar surface area (TPSA) is 101 Å². The number of nitrogens with zero attached hydrogens (tertiary/aromatic N) is 2. The van der Waals surface area contributed by atoms with Crippen molar-refractivity contribution in [3.8, 4) is 17.6 Å². The highest BCUT2D eigenvalue weighted by Crippen LogP contribution is 2.28. The average Bonchev–Trinajstić information content (AvgIpc) is 2.59. The molecule has 136 valence electrons. The molecule has 0 fully saturated rings. The molecule has 0 aliphatic heterocycles. The van der Waals surface area contributed by atoms with E-state index in [0.717, 1.165) is 5.56 Å². The van der Waals surface area contributed by atoms with E-state index >= 15 is 0 Å². The molecule has 0 atom stereocenters. The zero-order valence-electron chi connectivity index (χ0n) is 14.7. The first-order chi connectivity index (χ1) is 12.0. The first kappa shape index (κ1) is 20.3. The van der Waals surface area contributed by atoms with Crippen LogP contribution in [0.15, 0.2) is 18.2 Å². The molecule has 0 aromatic heterocycles. The summed E-state index contributed by atoms with van der Waals surface area (Å²) in [6, 6.07) is 7.20. The third-order valence-electron chi connectivity index (χ3n) is 3.24. The van der Waals surface area contributed by atoms with Crippen LogP contribution in [0.3, 0.4) is 0 Å². The molecule has 1 aromatic carbocycles. The normalized spacial score (nSPS) is 10.0. The summed E-state index contributed by atoms with van der Waals surface area (Å²) in [7, 11) is 3.08. The van der Waals surface area contributed by atoms with E-state index in [-0.39, 0.29) is 32.1 Å². The van der Waals surface area contributed by atoms with Crippen molar-refractivity contribution in [1.29, 1.82) is 5.26 Å². The molecule has 8 heteroatoms. The fraction of sp³-hybridized carbons (Fsp3) is 0.471. The van der Waals surface area contributed by atoms with Crippen LogP contribution in [0.1, 0.15) is 12.5 Å². The van der Waals surface area contributed by atoms with Crippen LogP contribution in [0, 0.1) is 11.3 Å². The summed E-state index contributed by atoms with van der Waals surface area (Å²) in [5.41, 5.74) is 0.843. The molecular weight excluding hydrogens is 326 g/mol. The second-order valence-electron chi connectivity index (χ2n) is 5.07. The number of esters is 1. The van der Waals surface area contributed by atoms with E-state index in [1.54, 1.807) is 31.1 Å². The van der Waals surface area contributed by atoms with E-state index in [4.69, 9.17) is 19.5 Å². The molecule has 1 aromatic rings. The second-order valence-corrected chi connectivity index (χ2v) is 5.07. The molecule has 0 aliphatic carbocycles. The molecule has 0 saturated heterocycles. The van der Waals surface area contributed by atoms with E-state index in [1.165, 1.54) is 7.11 Å². The van der Waals surface area contributed by atoms with E-state index in [1.807, 2.05) is 12.1 Å². The lowest BCUT2D eigenvalue weighted by Crippen LogP contribution is -2.40. The van der Waals surface area contributed by atoms with Gasteiger partial charge in [-0.05, 0) is 24.6 Å². The number of amides is 1. The molecule has 0 spiro atoms. The molecule has 1 rings (SSSR count). The van der Waals surface area contributed by atoms with Crippen molar-refractivity contribution in [3.05, 3.63) is 23.8 Å². The van der Waals surface area contributed by atoms with Crippen molar-refractivity contribution in [2.24, 2.45) is 0 Å². The number of hydrogen-bond acceptors (Lipinski definition) is 7. The molecular formula is C17H23N3O5. The Kier molecular flexibility index (Phi) is 8.82. The number of benzene rings is 1. The summed E-state index contributed by atoms with van der Waals surface area (Å²) in [4.78, 5) is 25.3. The monoisotopic (exact) mass is 349 g/mol. The molecule has 0 aliphatic rings. The standard InChI is InChI=1S/C17H23N3O5/c1-4-25-17(22)12-20(11-16(21)19-8-7-18)10-13-5-6-14(23-2)15(9-13)24-3/h5-6,9H,4,8,10-12H2,1-3H3,(H,19,21). The van der Waals surface area contributed by atoms with Gasteiger partial charge in [-0.3, -0.25) is 14.5 Å². The Morgan fingerprint density at radius 3 is 2.52 bits per heavy atom. The van der Waals surface area contributed by atoms with Crippen LogP contribution in [0.4, 0.5) is 0 Å². The van der Waals surface area contributed by atoms with Gasteiger partial charge in [0, 0.05) is 6.54 Å². The Labute approximate surface area is 147 Å². The van der Waals surface area contributed by atoms with Crippen molar-refractivity contribution in [2.75, 3.05) is 40.5 Å². The predicted molar refractivity (Wildman–Crippen MR) is 90.1 cm³/mol. The minimum Gasteiger partial charge on any atom is -0.493 e. The lowest BCUT2D eigenvalue weighted by atomic mass is 10.2. The maximum absolute atomic E-state index is 11.9. The fourth-order valence-electron chi connectivity index (χ4n) is 2.19. The van der Waals surface area contributed by atoms with Crippen molar-refractivity contribution in [3.63, 3.8) is 0 Å². The molecule has 8 nitrogen and oxygen atoms in total. The maximum atomic E-state index is 11.9. The minimum atomic E-state index is -0.420. The Morgan fingerprint density at radius 1 is 1.20 bits per heavy atom. The number of rotatable bonds is 10. The smallest absolute Gasteiger partial charge is 0.320 e. The van der Waals surface area contributed by atoms with Crippen LogP contribution in [0.5, 0.6) is 11.5 Å². The van der Waals surface area contributed by atoms with Gasteiger partial charge in [0.1, 0.15) is 6.54 Å².